The number of methoxy groups -OCH3 is 1. The summed E-state index contributed by atoms with van der Waals surface area (Å²) in [6, 6.07) is 19.0. The third-order valence-electron chi connectivity index (χ3n) is 5.92. The molecule has 10 heteroatoms. The number of hydrogen-bond donors (Lipinski definition) is 1. The van der Waals surface area contributed by atoms with Gasteiger partial charge in [0.1, 0.15) is 18.3 Å². The van der Waals surface area contributed by atoms with Crippen LogP contribution in [0.5, 0.6) is 5.75 Å². The van der Waals surface area contributed by atoms with Crippen LogP contribution in [0.4, 0.5) is 5.69 Å². The molecule has 0 heterocycles. The molecule has 0 fully saturated rings. The van der Waals surface area contributed by atoms with E-state index in [4.69, 9.17) is 16.3 Å². The van der Waals surface area contributed by atoms with Crippen molar-refractivity contribution in [1.29, 1.82) is 0 Å². The van der Waals surface area contributed by atoms with Crippen molar-refractivity contribution in [3.8, 4) is 5.75 Å². The monoisotopic (exact) mass is 543 g/mol. The molecule has 0 bridgehead atoms. The molecule has 0 saturated carbocycles. The van der Waals surface area contributed by atoms with E-state index in [-0.39, 0.29) is 28.8 Å². The van der Waals surface area contributed by atoms with Crippen LogP contribution < -0.4 is 14.4 Å². The van der Waals surface area contributed by atoms with Crippen molar-refractivity contribution in [2.24, 2.45) is 0 Å². The van der Waals surface area contributed by atoms with E-state index in [2.05, 4.69) is 5.32 Å². The van der Waals surface area contributed by atoms with Gasteiger partial charge in [0, 0.05) is 18.6 Å². The molecule has 3 aromatic carbocycles. The van der Waals surface area contributed by atoms with Gasteiger partial charge in [-0.3, -0.25) is 13.9 Å². The van der Waals surface area contributed by atoms with Gasteiger partial charge in [-0.05, 0) is 55.8 Å². The molecule has 2 amide bonds. The lowest BCUT2D eigenvalue weighted by atomic mass is 10.1. The quantitative estimate of drug-likeness (QED) is 0.417. The van der Waals surface area contributed by atoms with Gasteiger partial charge in [-0.25, -0.2) is 8.42 Å². The minimum atomic E-state index is -4.17. The number of nitrogens with one attached hydrogen (secondary N) is 1. The lowest BCUT2D eigenvalue weighted by molar-refractivity contribution is -0.139. The van der Waals surface area contributed by atoms with Crippen LogP contribution in [0.1, 0.15) is 18.1 Å². The van der Waals surface area contributed by atoms with Crippen molar-refractivity contribution < 1.29 is 22.7 Å². The van der Waals surface area contributed by atoms with Gasteiger partial charge in [0.05, 0.1) is 17.7 Å². The van der Waals surface area contributed by atoms with Crippen molar-refractivity contribution >= 4 is 39.1 Å². The lowest BCUT2D eigenvalue weighted by Crippen LogP contribution is -2.50. The first kappa shape index (κ1) is 28.0. The van der Waals surface area contributed by atoms with E-state index in [1.54, 1.807) is 67.6 Å². The van der Waals surface area contributed by atoms with E-state index in [1.807, 2.05) is 6.92 Å². The first-order valence-corrected chi connectivity index (χ1v) is 13.4. The highest BCUT2D eigenvalue weighted by molar-refractivity contribution is 7.92. The number of sulfonamides is 1. The fourth-order valence-electron chi connectivity index (χ4n) is 3.76. The summed E-state index contributed by atoms with van der Waals surface area (Å²) in [5.74, 6) is -0.658. The van der Waals surface area contributed by atoms with E-state index in [9.17, 15) is 18.0 Å². The number of para-hydroxylation sites is 2. The van der Waals surface area contributed by atoms with Gasteiger partial charge in [-0.2, -0.15) is 0 Å². The van der Waals surface area contributed by atoms with Crippen LogP contribution in [-0.2, 0) is 26.2 Å². The van der Waals surface area contributed by atoms with Gasteiger partial charge < -0.3 is 15.0 Å². The summed E-state index contributed by atoms with van der Waals surface area (Å²) in [5.41, 5.74) is 1.84. The number of halogens is 1. The fraction of sp³-hybridized carbons (Fsp3) is 0.259. The Morgan fingerprint density at radius 3 is 2.22 bits per heavy atom. The van der Waals surface area contributed by atoms with Gasteiger partial charge in [0.2, 0.25) is 11.8 Å². The fourth-order valence-corrected chi connectivity index (χ4v) is 5.32. The van der Waals surface area contributed by atoms with Crippen LogP contribution in [0.15, 0.2) is 77.7 Å². The number of likely N-dealkylation sites (N-methyl/N-ethyl adjacent to an activating group) is 1. The van der Waals surface area contributed by atoms with Gasteiger partial charge in [-0.1, -0.05) is 53.6 Å². The number of aryl methyl sites for hydroxylation is 1. The van der Waals surface area contributed by atoms with E-state index in [0.717, 1.165) is 15.4 Å². The Morgan fingerprint density at radius 1 is 1.00 bits per heavy atom. The number of carbonyl (C=O) groups is 2. The van der Waals surface area contributed by atoms with Crippen molar-refractivity contribution in [3.05, 3.63) is 88.9 Å². The van der Waals surface area contributed by atoms with Crippen molar-refractivity contribution in [1.82, 2.24) is 10.2 Å². The highest BCUT2D eigenvalue weighted by Gasteiger charge is 2.33. The standard InChI is InChI=1S/C27H30ClN3O5S/c1-19-9-15-23(16-10-19)37(34,35)31(24-7-5-6-8-25(24)36-4)18-26(32)30(20(2)27(33)29-3)17-21-11-13-22(28)14-12-21/h5-16,20H,17-18H2,1-4H3,(H,29,33). The van der Waals surface area contributed by atoms with E-state index in [1.165, 1.54) is 31.2 Å². The average molecular weight is 544 g/mol. The maximum Gasteiger partial charge on any atom is 0.264 e. The molecule has 37 heavy (non-hydrogen) atoms. The molecule has 0 aliphatic rings. The largest absolute Gasteiger partial charge is 0.495 e. The van der Waals surface area contributed by atoms with Crippen molar-refractivity contribution in [2.75, 3.05) is 25.0 Å². The Kier molecular flexibility index (Phi) is 9.18. The Balaban J connectivity index is 2.06. The number of ether oxygens (including phenoxy) is 1. The van der Waals surface area contributed by atoms with Gasteiger partial charge in [0.15, 0.2) is 0 Å². The molecule has 3 aromatic rings. The second kappa shape index (κ2) is 12.1. The highest BCUT2D eigenvalue weighted by atomic mass is 35.5. The first-order valence-electron chi connectivity index (χ1n) is 11.6. The van der Waals surface area contributed by atoms with Crippen molar-refractivity contribution in [2.45, 2.75) is 31.3 Å². The first-order chi connectivity index (χ1) is 17.6. The van der Waals surface area contributed by atoms with E-state index >= 15 is 0 Å². The summed E-state index contributed by atoms with van der Waals surface area (Å²) < 4.78 is 34.1. The summed E-state index contributed by atoms with van der Waals surface area (Å²) in [6.07, 6.45) is 0. The predicted octanol–water partition coefficient (Wildman–Crippen LogP) is 4.02. The molecule has 1 atom stereocenters. The Morgan fingerprint density at radius 2 is 1.62 bits per heavy atom. The smallest absolute Gasteiger partial charge is 0.264 e. The van der Waals surface area contributed by atoms with Crippen LogP contribution in [0, 0.1) is 6.92 Å². The molecule has 3 rings (SSSR count). The van der Waals surface area contributed by atoms with Crippen LogP contribution in [0.3, 0.4) is 0 Å². The number of carbonyl (C=O) groups excluding carboxylic acids is 2. The van der Waals surface area contributed by atoms with Gasteiger partial charge in [0.25, 0.3) is 10.0 Å². The zero-order chi connectivity index (χ0) is 27.2. The zero-order valence-electron chi connectivity index (χ0n) is 21.1. The Labute approximate surface area is 222 Å². The normalized spacial score (nSPS) is 11.9. The average Bonchev–Trinajstić information content (AvgIpc) is 2.90. The number of hydrogen-bond acceptors (Lipinski definition) is 5. The summed E-state index contributed by atoms with van der Waals surface area (Å²) >= 11 is 6.00. The molecular weight excluding hydrogens is 514 g/mol. The topological polar surface area (TPSA) is 96.0 Å². The number of rotatable bonds is 10. The third kappa shape index (κ3) is 6.61. The molecule has 0 aliphatic carbocycles. The molecule has 0 aromatic heterocycles. The molecule has 0 spiro atoms. The second-order valence-corrected chi connectivity index (χ2v) is 10.7. The summed E-state index contributed by atoms with van der Waals surface area (Å²) in [7, 11) is -1.27. The summed E-state index contributed by atoms with van der Waals surface area (Å²) in [6.45, 7) is 2.97. The highest BCUT2D eigenvalue weighted by Crippen LogP contribution is 2.32. The molecule has 196 valence electrons. The zero-order valence-corrected chi connectivity index (χ0v) is 22.7. The molecular formula is C27H30ClN3O5S. The van der Waals surface area contributed by atoms with Crippen LogP contribution in [0.25, 0.3) is 0 Å². The van der Waals surface area contributed by atoms with Crippen LogP contribution >= 0.6 is 11.6 Å². The second-order valence-electron chi connectivity index (χ2n) is 8.43. The number of nitrogens with zero attached hydrogens (tertiary/aromatic N) is 2. The SMILES string of the molecule is CNC(=O)C(C)N(Cc1ccc(Cl)cc1)C(=O)CN(c1ccccc1OC)S(=O)(=O)c1ccc(C)cc1. The molecule has 8 nitrogen and oxygen atoms in total. The van der Waals surface area contributed by atoms with Gasteiger partial charge in [-0.15, -0.1) is 0 Å². The number of amides is 2. The summed E-state index contributed by atoms with van der Waals surface area (Å²) in [4.78, 5) is 27.7. The van der Waals surface area contributed by atoms with E-state index < -0.39 is 28.5 Å². The number of anilines is 1. The van der Waals surface area contributed by atoms with Crippen molar-refractivity contribution in [3.63, 3.8) is 0 Å². The summed E-state index contributed by atoms with van der Waals surface area (Å²) in [5, 5.41) is 3.09. The van der Waals surface area contributed by atoms with Crippen LogP contribution in [-0.4, -0.2) is 51.9 Å². The third-order valence-corrected chi connectivity index (χ3v) is 7.95. The van der Waals surface area contributed by atoms with E-state index in [0.29, 0.717) is 5.02 Å². The predicted molar refractivity (Wildman–Crippen MR) is 144 cm³/mol. The minimum absolute atomic E-state index is 0.0282. The molecule has 1 unspecified atom stereocenters. The lowest BCUT2D eigenvalue weighted by Gasteiger charge is -2.32. The maximum atomic E-state index is 13.8. The molecule has 0 saturated heterocycles. The maximum absolute atomic E-state index is 13.8. The molecule has 0 aliphatic heterocycles. The Hall–Kier alpha value is -3.56. The van der Waals surface area contributed by atoms with Crippen LogP contribution in [0.2, 0.25) is 5.02 Å². The molecule has 1 N–H and O–H groups in total. The Bertz CT molecular complexity index is 1350. The number of benzene rings is 3. The minimum Gasteiger partial charge on any atom is -0.495 e. The molecule has 0 radical (unpaired) electrons. The van der Waals surface area contributed by atoms with Gasteiger partial charge >= 0.3 is 0 Å².